The Kier molecular flexibility index (Phi) is 6.09. The van der Waals surface area contributed by atoms with Crippen LogP contribution in [0.1, 0.15) is 64.0 Å². The molecule has 1 aromatic carbocycles. The van der Waals surface area contributed by atoms with E-state index in [0.29, 0.717) is 0 Å². The maximum Gasteiger partial charge on any atom is 0.0208 e. The van der Waals surface area contributed by atoms with Crippen LogP contribution in [-0.2, 0) is 13.0 Å². The Morgan fingerprint density at radius 2 is 1.70 bits per heavy atom. The van der Waals surface area contributed by atoms with Gasteiger partial charge in [0, 0.05) is 12.6 Å². The normalized spacial score (nSPS) is 23.2. The highest BCUT2D eigenvalue weighted by atomic mass is 14.9. The van der Waals surface area contributed by atoms with Crippen molar-refractivity contribution in [3.8, 4) is 0 Å². The van der Waals surface area contributed by atoms with Crippen LogP contribution in [-0.4, -0.2) is 6.04 Å². The lowest BCUT2D eigenvalue weighted by Crippen LogP contribution is -2.37. The van der Waals surface area contributed by atoms with Gasteiger partial charge in [-0.15, -0.1) is 0 Å². The second kappa shape index (κ2) is 7.83. The van der Waals surface area contributed by atoms with Crippen molar-refractivity contribution in [2.24, 2.45) is 11.8 Å². The summed E-state index contributed by atoms with van der Waals surface area (Å²) in [5, 5.41) is 3.80. The second-order valence-electron chi connectivity index (χ2n) is 6.85. The minimum atomic E-state index is 0.740. The van der Waals surface area contributed by atoms with Crippen molar-refractivity contribution < 1.29 is 0 Å². The molecule has 0 aromatic heterocycles. The molecule has 1 heteroatoms. The predicted octanol–water partition coefficient (Wildman–Crippen LogP) is 4.94. The molecule has 0 radical (unpaired) electrons. The molecular formula is C19H31N. The molecule has 2 unspecified atom stereocenters. The Balaban J connectivity index is 1.83. The van der Waals surface area contributed by atoms with E-state index in [9.17, 15) is 0 Å². The van der Waals surface area contributed by atoms with Crippen LogP contribution >= 0.6 is 0 Å². The topological polar surface area (TPSA) is 12.0 Å². The molecule has 2 rings (SSSR count). The summed E-state index contributed by atoms with van der Waals surface area (Å²) in [5.41, 5.74) is 2.89. The third-order valence-electron chi connectivity index (χ3n) is 4.67. The first-order chi connectivity index (χ1) is 9.69. The highest BCUT2D eigenvalue weighted by Gasteiger charge is 2.22. The van der Waals surface area contributed by atoms with Gasteiger partial charge in [-0.1, -0.05) is 64.3 Å². The van der Waals surface area contributed by atoms with E-state index in [-0.39, 0.29) is 0 Å². The van der Waals surface area contributed by atoms with Gasteiger partial charge in [0.2, 0.25) is 0 Å². The van der Waals surface area contributed by atoms with E-state index in [1.54, 1.807) is 0 Å². The van der Waals surface area contributed by atoms with Crippen molar-refractivity contribution in [1.82, 2.24) is 5.32 Å². The minimum Gasteiger partial charge on any atom is -0.310 e. The molecule has 0 bridgehead atoms. The summed E-state index contributed by atoms with van der Waals surface area (Å²) in [6.45, 7) is 7.93. The fourth-order valence-corrected chi connectivity index (χ4v) is 3.48. The van der Waals surface area contributed by atoms with E-state index in [1.165, 1.54) is 49.7 Å². The van der Waals surface area contributed by atoms with Gasteiger partial charge in [0.1, 0.15) is 0 Å². The van der Waals surface area contributed by atoms with Gasteiger partial charge < -0.3 is 5.32 Å². The van der Waals surface area contributed by atoms with Crippen LogP contribution < -0.4 is 5.32 Å². The Labute approximate surface area is 125 Å². The summed E-state index contributed by atoms with van der Waals surface area (Å²) in [6, 6.07) is 9.94. The zero-order valence-corrected chi connectivity index (χ0v) is 13.5. The molecule has 0 aliphatic heterocycles. The fourth-order valence-electron chi connectivity index (χ4n) is 3.48. The number of rotatable bonds is 6. The van der Waals surface area contributed by atoms with E-state index >= 15 is 0 Å². The van der Waals surface area contributed by atoms with Crippen LogP contribution in [0.15, 0.2) is 24.3 Å². The number of benzene rings is 1. The summed E-state index contributed by atoms with van der Waals surface area (Å²) in [7, 11) is 0. The average molecular weight is 273 g/mol. The Morgan fingerprint density at radius 1 is 1.05 bits per heavy atom. The van der Waals surface area contributed by atoms with Crippen molar-refractivity contribution in [1.29, 1.82) is 0 Å². The van der Waals surface area contributed by atoms with E-state index in [4.69, 9.17) is 0 Å². The standard InChI is InChI=1S/C19H31N/c1-4-18-7-5-6-8-19(18)20-14-17-11-9-16(10-12-17)13-15(2)3/h9-12,15,18-20H,4-8,13-14H2,1-3H3. The molecule has 1 aliphatic rings. The van der Waals surface area contributed by atoms with Crippen molar-refractivity contribution in [2.75, 3.05) is 0 Å². The fraction of sp³-hybridized carbons (Fsp3) is 0.684. The molecule has 112 valence electrons. The first kappa shape index (κ1) is 15.6. The monoisotopic (exact) mass is 273 g/mol. The lowest BCUT2D eigenvalue weighted by molar-refractivity contribution is 0.254. The number of hydrogen-bond acceptors (Lipinski definition) is 1. The Bertz CT molecular complexity index is 379. The predicted molar refractivity (Wildman–Crippen MR) is 87.9 cm³/mol. The van der Waals surface area contributed by atoms with Crippen LogP contribution in [0.2, 0.25) is 0 Å². The van der Waals surface area contributed by atoms with Gasteiger partial charge in [-0.2, -0.15) is 0 Å². The largest absolute Gasteiger partial charge is 0.310 e. The van der Waals surface area contributed by atoms with Crippen molar-refractivity contribution >= 4 is 0 Å². The molecule has 2 atom stereocenters. The molecule has 0 heterocycles. The van der Waals surface area contributed by atoms with E-state index in [0.717, 1.165) is 24.4 Å². The lowest BCUT2D eigenvalue weighted by Gasteiger charge is -2.31. The van der Waals surface area contributed by atoms with Crippen LogP contribution in [0.3, 0.4) is 0 Å². The molecule has 1 fully saturated rings. The number of hydrogen-bond donors (Lipinski definition) is 1. The zero-order valence-electron chi connectivity index (χ0n) is 13.5. The molecule has 1 aliphatic carbocycles. The SMILES string of the molecule is CCC1CCCCC1NCc1ccc(CC(C)C)cc1. The Morgan fingerprint density at radius 3 is 2.35 bits per heavy atom. The quantitative estimate of drug-likeness (QED) is 0.774. The van der Waals surface area contributed by atoms with Crippen molar-refractivity contribution in [2.45, 2.75) is 71.9 Å². The van der Waals surface area contributed by atoms with Crippen molar-refractivity contribution in [3.63, 3.8) is 0 Å². The van der Waals surface area contributed by atoms with E-state index in [2.05, 4.69) is 50.4 Å². The third kappa shape index (κ3) is 4.63. The van der Waals surface area contributed by atoms with E-state index in [1.807, 2.05) is 0 Å². The molecule has 1 nitrogen and oxygen atoms in total. The summed E-state index contributed by atoms with van der Waals surface area (Å²) in [5.74, 6) is 1.63. The Hall–Kier alpha value is -0.820. The molecule has 1 aromatic rings. The zero-order chi connectivity index (χ0) is 14.4. The first-order valence-corrected chi connectivity index (χ1v) is 8.50. The molecule has 0 spiro atoms. The molecule has 1 saturated carbocycles. The second-order valence-corrected chi connectivity index (χ2v) is 6.85. The molecule has 20 heavy (non-hydrogen) atoms. The molecule has 0 amide bonds. The molecule has 0 saturated heterocycles. The average Bonchev–Trinajstić information content (AvgIpc) is 2.46. The van der Waals surface area contributed by atoms with Gasteiger partial charge in [-0.05, 0) is 42.2 Å². The van der Waals surface area contributed by atoms with Gasteiger partial charge in [-0.3, -0.25) is 0 Å². The van der Waals surface area contributed by atoms with E-state index < -0.39 is 0 Å². The first-order valence-electron chi connectivity index (χ1n) is 8.50. The van der Waals surface area contributed by atoms with Crippen LogP contribution in [0, 0.1) is 11.8 Å². The molecular weight excluding hydrogens is 242 g/mol. The smallest absolute Gasteiger partial charge is 0.0208 e. The number of nitrogens with one attached hydrogen (secondary N) is 1. The van der Waals surface area contributed by atoms with Crippen LogP contribution in [0.25, 0.3) is 0 Å². The van der Waals surface area contributed by atoms with Gasteiger partial charge in [-0.25, -0.2) is 0 Å². The van der Waals surface area contributed by atoms with Crippen LogP contribution in [0.4, 0.5) is 0 Å². The summed E-state index contributed by atoms with van der Waals surface area (Å²) in [4.78, 5) is 0. The maximum atomic E-state index is 3.80. The highest BCUT2D eigenvalue weighted by Crippen LogP contribution is 2.27. The van der Waals surface area contributed by atoms with Gasteiger partial charge in [0.15, 0.2) is 0 Å². The minimum absolute atomic E-state index is 0.740. The highest BCUT2D eigenvalue weighted by molar-refractivity contribution is 5.22. The van der Waals surface area contributed by atoms with Crippen molar-refractivity contribution in [3.05, 3.63) is 35.4 Å². The lowest BCUT2D eigenvalue weighted by atomic mass is 9.83. The summed E-state index contributed by atoms with van der Waals surface area (Å²) in [6.07, 6.45) is 8.13. The summed E-state index contributed by atoms with van der Waals surface area (Å²) < 4.78 is 0. The van der Waals surface area contributed by atoms with Gasteiger partial charge in [0.25, 0.3) is 0 Å². The maximum absolute atomic E-state index is 3.80. The van der Waals surface area contributed by atoms with Gasteiger partial charge in [0.05, 0.1) is 0 Å². The van der Waals surface area contributed by atoms with Gasteiger partial charge >= 0.3 is 0 Å². The van der Waals surface area contributed by atoms with Crippen LogP contribution in [0.5, 0.6) is 0 Å². The third-order valence-corrected chi connectivity index (χ3v) is 4.67. The molecule has 1 N–H and O–H groups in total. The summed E-state index contributed by atoms with van der Waals surface area (Å²) >= 11 is 0.